The quantitative estimate of drug-likeness (QED) is 0.124. The zero-order chi connectivity index (χ0) is 39.9. The van der Waals surface area contributed by atoms with Crippen molar-refractivity contribution in [2.45, 2.75) is 66.2 Å². The summed E-state index contributed by atoms with van der Waals surface area (Å²) in [6.45, 7) is 11.8. The third kappa shape index (κ3) is 15.6. The van der Waals surface area contributed by atoms with E-state index in [1.54, 1.807) is 55.1 Å². The molecule has 54 heavy (non-hydrogen) atoms. The molecule has 4 N–H and O–H groups in total. The topological polar surface area (TPSA) is 175 Å². The minimum atomic E-state index is -0.562. The van der Waals surface area contributed by atoms with Crippen LogP contribution in [0, 0.1) is 0 Å². The van der Waals surface area contributed by atoms with Crippen LogP contribution in [0.15, 0.2) is 24.3 Å². The molecule has 0 bridgehead atoms. The highest BCUT2D eigenvalue weighted by molar-refractivity contribution is 7.35. The highest BCUT2D eigenvalue weighted by Crippen LogP contribution is 2.45. The van der Waals surface area contributed by atoms with Crippen molar-refractivity contribution in [1.29, 1.82) is 0 Å². The van der Waals surface area contributed by atoms with E-state index in [0.29, 0.717) is 12.8 Å². The Morgan fingerprint density at radius 2 is 0.907 bits per heavy atom. The van der Waals surface area contributed by atoms with Crippen LogP contribution < -0.4 is 21.3 Å². The summed E-state index contributed by atoms with van der Waals surface area (Å²) >= 11 is 6.62. The molecule has 2 saturated heterocycles. The van der Waals surface area contributed by atoms with Crippen LogP contribution in [0.3, 0.4) is 0 Å². The minimum absolute atomic E-state index is 0.0344. The molecule has 4 aromatic heterocycles. The van der Waals surface area contributed by atoms with Crippen molar-refractivity contribution in [3.8, 4) is 9.75 Å². The molecule has 298 valence electrons. The third-order valence-electron chi connectivity index (χ3n) is 7.12. The average molecular weight is 825 g/mol. The van der Waals surface area contributed by atoms with Gasteiger partial charge in [-0.2, -0.15) is 0 Å². The number of carbonyl (C=O) groups is 6. The van der Waals surface area contributed by atoms with E-state index in [-0.39, 0.29) is 24.9 Å². The van der Waals surface area contributed by atoms with Crippen molar-refractivity contribution in [1.82, 2.24) is 20.4 Å². The summed E-state index contributed by atoms with van der Waals surface area (Å²) in [5.41, 5.74) is 0. The van der Waals surface area contributed by atoms with Gasteiger partial charge in [0.25, 0.3) is 0 Å². The lowest BCUT2D eigenvalue weighted by Gasteiger charge is -2.14. The maximum Gasteiger partial charge on any atom is 0.407 e. The monoisotopic (exact) mass is 824 g/mol. The molecule has 6 heterocycles. The molecule has 6 amide bonds. The number of thiophene rings is 4. The van der Waals surface area contributed by atoms with Gasteiger partial charge in [-0.25, -0.2) is 9.59 Å². The zero-order valence-electron chi connectivity index (χ0n) is 31.7. The number of nitrogens with one attached hydrogen (secondary N) is 4. The third-order valence-corrected chi connectivity index (χ3v) is 11.8. The van der Waals surface area contributed by atoms with Gasteiger partial charge in [0.15, 0.2) is 0 Å². The van der Waals surface area contributed by atoms with Crippen LogP contribution >= 0.6 is 45.3 Å². The lowest BCUT2D eigenvalue weighted by Crippen LogP contribution is -2.38. The Kier molecular flexibility index (Phi) is 21.8. The number of rotatable bonds is 9. The zero-order valence-corrected chi connectivity index (χ0v) is 35.0. The Labute approximate surface area is 332 Å². The highest BCUT2D eigenvalue weighted by atomic mass is 32.1. The molecule has 0 atom stereocenters. The van der Waals surface area contributed by atoms with Crippen molar-refractivity contribution < 1.29 is 38.2 Å². The van der Waals surface area contributed by atoms with Crippen molar-refractivity contribution in [3.63, 3.8) is 0 Å². The summed E-state index contributed by atoms with van der Waals surface area (Å²) in [5, 5.41) is 11.8. The van der Waals surface area contributed by atoms with Crippen molar-refractivity contribution in [2.24, 2.45) is 0 Å². The highest BCUT2D eigenvalue weighted by Gasteiger charge is 2.19. The fraction of sp³-hybridized carbons (Fsp3) is 0.500. The van der Waals surface area contributed by atoms with E-state index in [1.807, 2.05) is 12.1 Å². The summed E-state index contributed by atoms with van der Waals surface area (Å²) in [4.78, 5) is 70.8. The van der Waals surface area contributed by atoms with E-state index >= 15 is 0 Å². The van der Waals surface area contributed by atoms with Gasteiger partial charge in [-0.1, -0.05) is 40.5 Å². The molecule has 18 heteroatoms. The second kappa shape index (κ2) is 25.7. The molecule has 6 rings (SSSR count). The normalized spacial score (nSPS) is 12.7. The summed E-state index contributed by atoms with van der Waals surface area (Å²) in [6.07, 6.45) is 7.02. The van der Waals surface area contributed by atoms with Gasteiger partial charge >= 0.3 is 12.2 Å². The van der Waals surface area contributed by atoms with Gasteiger partial charge in [0, 0.05) is 54.7 Å². The van der Waals surface area contributed by atoms with E-state index in [4.69, 9.17) is 0 Å². The number of fused-ring (bicyclic) bond motifs is 2. The number of hydrogen-bond donors (Lipinski definition) is 4. The number of anilines is 2. The average Bonchev–Trinajstić information content (AvgIpc) is 4.00. The van der Waals surface area contributed by atoms with E-state index in [0.717, 1.165) is 61.9 Å². The van der Waals surface area contributed by atoms with Crippen LogP contribution in [0.1, 0.15) is 66.2 Å². The molecule has 2 aliphatic heterocycles. The summed E-state index contributed by atoms with van der Waals surface area (Å²) < 4.78 is 13.4. The van der Waals surface area contributed by atoms with Gasteiger partial charge in [0.1, 0.15) is 13.1 Å². The maximum absolute atomic E-state index is 11.3. The van der Waals surface area contributed by atoms with Crippen molar-refractivity contribution in [3.05, 3.63) is 24.3 Å². The van der Waals surface area contributed by atoms with Crippen LogP contribution in [0.4, 0.5) is 19.6 Å². The predicted octanol–water partition coefficient (Wildman–Crippen LogP) is 7.80. The number of alkyl carbamates (subject to hydrolysis) is 2. The van der Waals surface area contributed by atoms with Gasteiger partial charge in [0.2, 0.25) is 24.6 Å². The Bertz CT molecular complexity index is 1570. The van der Waals surface area contributed by atoms with E-state index < -0.39 is 12.2 Å². The second-order valence-electron chi connectivity index (χ2n) is 11.7. The number of likely N-dealkylation sites (tertiary alicyclic amines) is 2. The first-order chi connectivity index (χ1) is 26.1. The molecule has 0 unspecified atom stereocenters. The number of ether oxygens (including phenoxy) is 2. The van der Waals surface area contributed by atoms with Crippen LogP contribution in [-0.4, -0.2) is 100 Å². The molecule has 2 fully saturated rings. The van der Waals surface area contributed by atoms with Gasteiger partial charge in [-0.05, 0) is 49.9 Å². The molecule has 0 aliphatic carbocycles. The molecule has 0 saturated carbocycles. The lowest BCUT2D eigenvalue weighted by atomic mass is 10.3. The summed E-state index contributed by atoms with van der Waals surface area (Å²) in [7, 11) is 2.55. The van der Waals surface area contributed by atoms with Crippen LogP contribution in [0.2, 0.25) is 0 Å². The number of carbonyl (C=O) groups excluding carboxylic acids is 6. The summed E-state index contributed by atoms with van der Waals surface area (Å²) in [6, 6.07) is 8.34. The Morgan fingerprint density at radius 1 is 0.593 bits per heavy atom. The molecular weight excluding hydrogens is 773 g/mol. The molecule has 14 nitrogen and oxygen atoms in total. The van der Waals surface area contributed by atoms with Crippen molar-refractivity contribution >= 4 is 111 Å². The Balaban J connectivity index is 0.000000274. The van der Waals surface area contributed by atoms with Gasteiger partial charge < -0.3 is 40.5 Å². The molecular formula is C36H52N6O8S4. The second-order valence-corrected chi connectivity index (χ2v) is 16.0. The molecule has 0 aromatic carbocycles. The number of hydrogen-bond acceptors (Lipinski definition) is 12. The maximum atomic E-state index is 11.3. The first-order valence-electron chi connectivity index (χ1n) is 17.7. The number of methoxy groups -OCH3 is 2. The largest absolute Gasteiger partial charge is 0.453 e. The Morgan fingerprint density at radius 3 is 1.19 bits per heavy atom. The number of nitrogens with zero attached hydrogens (tertiary/aromatic N) is 2. The van der Waals surface area contributed by atoms with E-state index in [9.17, 15) is 28.8 Å². The van der Waals surface area contributed by atoms with Crippen LogP contribution in [0.25, 0.3) is 28.6 Å². The SMILES string of the molecule is CCC.CCC.COC(=O)NCC(=O)N1CCCC1.COC(=O)NCC(=O)N1CCCC1.O=CNc1cc2sc(-c3cc4sc(NC=O)cc4s3)cc2s1. The van der Waals surface area contributed by atoms with E-state index in [1.165, 1.54) is 55.6 Å². The molecule has 0 radical (unpaired) electrons. The van der Waals surface area contributed by atoms with Crippen LogP contribution in [0.5, 0.6) is 0 Å². The first kappa shape index (κ1) is 45.9. The van der Waals surface area contributed by atoms with Gasteiger partial charge in [-0.3, -0.25) is 19.2 Å². The smallest absolute Gasteiger partial charge is 0.407 e. The molecule has 0 spiro atoms. The first-order valence-corrected chi connectivity index (χ1v) is 21.0. The van der Waals surface area contributed by atoms with Gasteiger partial charge in [-0.15, -0.1) is 45.3 Å². The predicted molar refractivity (Wildman–Crippen MR) is 222 cm³/mol. The summed E-state index contributed by atoms with van der Waals surface area (Å²) in [5.74, 6) is -0.0780. The number of amides is 6. The standard InChI is InChI=1S/C14H8N2O2S4.2C8H14N2O3.2C3H8/c17-5-15-13-3-11-9(21-13)1-7(19-11)8-2-10-12(20-8)4-14(22-10)16-6-18;2*1-13-8(12)9-6-7(11)10-4-2-3-5-10;2*1-3-2/h1-6H,(H,15,17)(H,16,18);2*2-6H2,1H3,(H,9,12);2*3H2,1-2H3. The minimum Gasteiger partial charge on any atom is -0.453 e. The van der Waals surface area contributed by atoms with E-state index in [2.05, 4.69) is 70.6 Å². The van der Waals surface area contributed by atoms with Crippen LogP contribution in [-0.2, 0) is 28.7 Å². The fourth-order valence-electron chi connectivity index (χ4n) is 4.77. The van der Waals surface area contributed by atoms with Gasteiger partial charge in [0.05, 0.1) is 24.2 Å². The fourth-order valence-corrected chi connectivity index (χ4v) is 9.35. The lowest BCUT2D eigenvalue weighted by molar-refractivity contribution is -0.129. The van der Waals surface area contributed by atoms with Crippen molar-refractivity contribution in [2.75, 3.05) is 64.1 Å². The molecule has 4 aromatic rings. The molecule has 2 aliphatic rings. The Hall–Kier alpha value is -4.26.